The van der Waals surface area contributed by atoms with Crippen LogP contribution in [-0.2, 0) is 19.1 Å². The van der Waals surface area contributed by atoms with Gasteiger partial charge in [-0.2, -0.15) is 0 Å². The Morgan fingerprint density at radius 1 is 0.875 bits per heavy atom. The molecule has 2 aromatic rings. The summed E-state index contributed by atoms with van der Waals surface area (Å²) in [5, 5.41) is 21.4. The van der Waals surface area contributed by atoms with Crippen LogP contribution in [0.1, 0.15) is 42.3 Å². The molecule has 0 fully saturated rings. The summed E-state index contributed by atoms with van der Waals surface area (Å²) >= 11 is 0. The van der Waals surface area contributed by atoms with Crippen molar-refractivity contribution in [1.82, 2.24) is 9.97 Å². The topological polar surface area (TPSA) is 165 Å². The average molecular weight is 448 g/mol. The number of ether oxygens (including phenoxy) is 2. The van der Waals surface area contributed by atoms with E-state index >= 15 is 0 Å². The summed E-state index contributed by atoms with van der Waals surface area (Å²) in [5.74, 6) is -3.41. The molecule has 0 saturated carbocycles. The first-order chi connectivity index (χ1) is 15.0. The molecule has 0 aliphatic heterocycles. The molecular formula is C20H24N4O8. The van der Waals surface area contributed by atoms with Crippen molar-refractivity contribution in [2.75, 3.05) is 13.2 Å². The van der Waals surface area contributed by atoms with Gasteiger partial charge in [0, 0.05) is 24.5 Å². The molecule has 0 atom stereocenters. The van der Waals surface area contributed by atoms with Gasteiger partial charge >= 0.3 is 11.9 Å². The van der Waals surface area contributed by atoms with Crippen LogP contribution in [0.3, 0.4) is 0 Å². The Bertz CT molecular complexity index is 991. The van der Waals surface area contributed by atoms with E-state index in [4.69, 9.17) is 9.47 Å². The lowest BCUT2D eigenvalue weighted by Crippen LogP contribution is -2.27. The molecule has 0 N–H and O–H groups in total. The summed E-state index contributed by atoms with van der Waals surface area (Å²) < 4.78 is 9.58. The van der Waals surface area contributed by atoms with Crippen molar-refractivity contribution in [2.45, 2.75) is 40.5 Å². The van der Waals surface area contributed by atoms with Gasteiger partial charge in [0.15, 0.2) is 0 Å². The van der Waals surface area contributed by atoms with Gasteiger partial charge in [0.05, 0.1) is 23.1 Å². The molecule has 0 aromatic carbocycles. The number of carbonyl (C=O) groups is 2. The smallest absolute Gasteiger partial charge is 0.326 e. The van der Waals surface area contributed by atoms with Crippen LogP contribution in [0.2, 0.25) is 0 Å². The van der Waals surface area contributed by atoms with E-state index in [1.165, 1.54) is 18.3 Å². The predicted molar refractivity (Wildman–Crippen MR) is 112 cm³/mol. The zero-order valence-corrected chi connectivity index (χ0v) is 18.4. The average Bonchev–Trinajstić information content (AvgIpc) is 2.71. The van der Waals surface area contributed by atoms with Crippen LogP contribution in [-0.4, -0.2) is 45.0 Å². The second-order valence-corrected chi connectivity index (χ2v) is 6.49. The first-order valence-electron chi connectivity index (χ1n) is 9.55. The van der Waals surface area contributed by atoms with Crippen molar-refractivity contribution in [3.63, 3.8) is 0 Å². The maximum Gasteiger partial charge on any atom is 0.326 e. The van der Waals surface area contributed by atoms with Crippen molar-refractivity contribution >= 4 is 23.3 Å². The Kier molecular flexibility index (Phi) is 9.80. The van der Waals surface area contributed by atoms with Crippen molar-refractivity contribution in [1.29, 1.82) is 0 Å². The minimum absolute atomic E-state index is 0.0361. The predicted octanol–water partition coefficient (Wildman–Crippen LogP) is 3.11. The molecule has 0 radical (unpaired) electrons. The van der Waals surface area contributed by atoms with Crippen LogP contribution in [0.5, 0.6) is 0 Å². The monoisotopic (exact) mass is 448 g/mol. The number of hydrogen-bond donors (Lipinski definition) is 0. The first-order valence-corrected chi connectivity index (χ1v) is 9.55. The van der Waals surface area contributed by atoms with E-state index in [0.717, 1.165) is 5.56 Å². The van der Waals surface area contributed by atoms with Crippen LogP contribution in [0.15, 0.2) is 24.5 Å². The molecule has 0 unspecified atom stereocenters. The first kappa shape index (κ1) is 26.1. The van der Waals surface area contributed by atoms with Gasteiger partial charge in [0.25, 0.3) is 11.4 Å². The van der Waals surface area contributed by atoms with Gasteiger partial charge < -0.3 is 9.47 Å². The number of esters is 2. The highest BCUT2D eigenvalue weighted by Gasteiger charge is 2.38. The molecule has 2 rings (SSSR count). The van der Waals surface area contributed by atoms with E-state index in [-0.39, 0.29) is 24.6 Å². The molecule has 2 heterocycles. The van der Waals surface area contributed by atoms with Crippen LogP contribution < -0.4 is 0 Å². The van der Waals surface area contributed by atoms with E-state index in [9.17, 15) is 29.8 Å². The van der Waals surface area contributed by atoms with E-state index in [1.54, 1.807) is 40.8 Å². The number of aromatic nitrogens is 2. The molecule has 172 valence electrons. The van der Waals surface area contributed by atoms with Crippen molar-refractivity contribution in [2.24, 2.45) is 0 Å². The quantitative estimate of drug-likeness (QED) is 0.266. The molecule has 0 bridgehead atoms. The molecule has 2 aromatic heterocycles. The van der Waals surface area contributed by atoms with E-state index < -0.39 is 33.4 Å². The molecular weight excluding hydrogens is 424 g/mol. The lowest BCUT2D eigenvalue weighted by Gasteiger charge is -2.14. The van der Waals surface area contributed by atoms with Gasteiger partial charge in [-0.3, -0.25) is 39.8 Å². The molecule has 32 heavy (non-hydrogen) atoms. The van der Waals surface area contributed by atoms with Gasteiger partial charge in [-0.1, -0.05) is 0 Å². The highest BCUT2D eigenvalue weighted by Crippen LogP contribution is 2.27. The van der Waals surface area contributed by atoms with Crippen molar-refractivity contribution in [3.8, 4) is 0 Å². The van der Waals surface area contributed by atoms with Gasteiger partial charge in [0.2, 0.25) is 5.92 Å². The van der Waals surface area contributed by atoms with Crippen LogP contribution in [0, 0.1) is 41.0 Å². The lowest BCUT2D eigenvalue weighted by molar-refractivity contribution is -0.386. The Balaban J connectivity index is 0.000000389. The third-order valence-electron chi connectivity index (χ3n) is 3.94. The fourth-order valence-electron chi connectivity index (χ4n) is 2.51. The fourth-order valence-corrected chi connectivity index (χ4v) is 2.51. The molecule has 0 amide bonds. The molecule has 12 nitrogen and oxygen atoms in total. The second kappa shape index (κ2) is 12.0. The largest absolute Gasteiger partial charge is 0.465 e. The van der Waals surface area contributed by atoms with Crippen LogP contribution in [0.25, 0.3) is 0 Å². The molecule has 0 spiro atoms. The van der Waals surface area contributed by atoms with Gasteiger partial charge in [0.1, 0.15) is 11.4 Å². The summed E-state index contributed by atoms with van der Waals surface area (Å²) in [5.41, 5.74) is 1.20. The molecule has 0 saturated heterocycles. The Hall–Kier alpha value is -3.96. The van der Waals surface area contributed by atoms with Crippen LogP contribution in [0.4, 0.5) is 11.4 Å². The SMILES string of the molecule is CCOC(=O)C(C(=O)OCC)c1ncc(C)cc1[N+](=O)[O-].Cc1cnc(C)c([N+](=O)[O-])c1. The van der Waals surface area contributed by atoms with E-state index in [0.29, 0.717) is 11.3 Å². The second-order valence-electron chi connectivity index (χ2n) is 6.49. The minimum Gasteiger partial charge on any atom is -0.465 e. The van der Waals surface area contributed by atoms with Crippen molar-refractivity contribution in [3.05, 3.63) is 67.3 Å². The Morgan fingerprint density at radius 3 is 1.72 bits per heavy atom. The Morgan fingerprint density at radius 2 is 1.31 bits per heavy atom. The highest BCUT2D eigenvalue weighted by atomic mass is 16.6. The third kappa shape index (κ3) is 7.07. The maximum atomic E-state index is 11.9. The van der Waals surface area contributed by atoms with Gasteiger partial charge in [-0.05, 0) is 45.7 Å². The minimum atomic E-state index is -1.56. The molecule has 0 aliphatic rings. The lowest BCUT2D eigenvalue weighted by atomic mass is 10.0. The van der Waals surface area contributed by atoms with Gasteiger partial charge in [-0.15, -0.1) is 0 Å². The highest BCUT2D eigenvalue weighted by molar-refractivity contribution is 6.01. The third-order valence-corrected chi connectivity index (χ3v) is 3.94. The number of nitro groups is 2. The summed E-state index contributed by atoms with van der Waals surface area (Å²) in [7, 11) is 0. The number of pyridine rings is 2. The number of rotatable bonds is 7. The molecule has 12 heteroatoms. The zero-order valence-electron chi connectivity index (χ0n) is 18.4. The Labute approximate surface area is 183 Å². The van der Waals surface area contributed by atoms with E-state index in [1.807, 2.05) is 0 Å². The molecule has 0 aliphatic carbocycles. The van der Waals surface area contributed by atoms with Gasteiger partial charge in [-0.25, -0.2) is 0 Å². The number of nitrogens with zero attached hydrogens (tertiary/aromatic N) is 4. The number of aryl methyl sites for hydroxylation is 3. The summed E-state index contributed by atoms with van der Waals surface area (Å²) in [6.07, 6.45) is 2.95. The maximum absolute atomic E-state index is 11.9. The van der Waals surface area contributed by atoms with Crippen LogP contribution >= 0.6 is 0 Å². The standard InChI is InChI=1S/C13H16N2O6.C7H8N2O2/c1-4-20-12(16)10(13(17)21-5-2)11-9(15(18)19)6-8(3)7-14-11;1-5-3-7(9(10)11)6(2)8-4-5/h6-7,10H,4-5H2,1-3H3;3-4H,1-2H3. The summed E-state index contributed by atoms with van der Waals surface area (Å²) in [4.78, 5) is 51.9. The van der Waals surface area contributed by atoms with E-state index in [2.05, 4.69) is 9.97 Å². The summed E-state index contributed by atoms with van der Waals surface area (Å²) in [6, 6.07) is 2.76. The zero-order chi connectivity index (χ0) is 24.4. The normalized spacial score (nSPS) is 10.1. The number of hydrogen-bond acceptors (Lipinski definition) is 10. The fraction of sp³-hybridized carbons (Fsp3) is 0.400. The number of carbonyl (C=O) groups excluding carboxylic acids is 2. The summed E-state index contributed by atoms with van der Waals surface area (Å²) in [6.45, 7) is 8.22. The van der Waals surface area contributed by atoms with Crippen molar-refractivity contribution < 1.29 is 28.9 Å².